The van der Waals surface area contributed by atoms with Crippen molar-refractivity contribution in [3.8, 4) is 5.75 Å². The summed E-state index contributed by atoms with van der Waals surface area (Å²) in [5.74, 6) is -1.85. The van der Waals surface area contributed by atoms with E-state index in [-0.39, 0.29) is 17.1 Å². The van der Waals surface area contributed by atoms with E-state index < -0.39 is 34.1 Å². The first-order valence-electron chi connectivity index (χ1n) is 9.81. The number of hydrogen-bond donors (Lipinski definition) is 1. The average Bonchev–Trinajstić information content (AvgIpc) is 2.77. The smallest absolute Gasteiger partial charge is 0.243 e. The molecule has 0 aliphatic carbocycles. The number of ether oxygens (including phenoxy) is 1. The van der Waals surface area contributed by atoms with E-state index in [1.807, 2.05) is 6.92 Å². The molecule has 0 radical (unpaired) electrons. The first-order chi connectivity index (χ1) is 15.3. The van der Waals surface area contributed by atoms with E-state index >= 15 is 0 Å². The van der Waals surface area contributed by atoms with Gasteiger partial charge in [-0.15, -0.1) is 0 Å². The number of rotatable bonds is 9. The Balaban J connectivity index is 1.87. The molecule has 0 fully saturated rings. The summed E-state index contributed by atoms with van der Waals surface area (Å²) in [7, 11) is -4.09. The van der Waals surface area contributed by atoms with E-state index in [4.69, 9.17) is 4.74 Å². The average molecular weight is 461 g/mol. The zero-order valence-corrected chi connectivity index (χ0v) is 18.1. The van der Waals surface area contributed by atoms with Gasteiger partial charge in [-0.2, -0.15) is 4.31 Å². The Bertz CT molecular complexity index is 1170. The Labute approximate surface area is 185 Å². The molecule has 9 heteroatoms. The van der Waals surface area contributed by atoms with Gasteiger partial charge in [0.05, 0.1) is 23.7 Å². The standard InChI is InChI=1S/C23H22F2N2O4S/c1-2-31-19-9-11-20(12-10-19)32(29,30)27(15-17-6-4-3-5-7-17)16-23(28)26-22-14-18(24)8-13-21(22)25/h3-14H,2,15-16H2,1H3,(H,26,28). The molecule has 0 aromatic heterocycles. The summed E-state index contributed by atoms with van der Waals surface area (Å²) in [5, 5.41) is 2.24. The second-order valence-electron chi connectivity index (χ2n) is 6.84. The van der Waals surface area contributed by atoms with Gasteiger partial charge in [-0.1, -0.05) is 30.3 Å². The van der Waals surface area contributed by atoms with Crippen molar-refractivity contribution in [3.63, 3.8) is 0 Å². The van der Waals surface area contributed by atoms with Crippen LogP contribution < -0.4 is 10.1 Å². The van der Waals surface area contributed by atoms with E-state index in [9.17, 15) is 22.0 Å². The molecule has 0 atom stereocenters. The molecule has 3 aromatic rings. The number of carbonyl (C=O) groups excluding carboxylic acids is 1. The molecule has 3 aromatic carbocycles. The van der Waals surface area contributed by atoms with Crippen LogP contribution in [0.1, 0.15) is 12.5 Å². The van der Waals surface area contributed by atoms with Crippen LogP contribution in [-0.2, 0) is 21.4 Å². The largest absolute Gasteiger partial charge is 0.494 e. The van der Waals surface area contributed by atoms with Gasteiger partial charge in [0.15, 0.2) is 0 Å². The fourth-order valence-electron chi connectivity index (χ4n) is 2.98. The Kier molecular flexibility index (Phi) is 7.55. The van der Waals surface area contributed by atoms with Crippen LogP contribution in [0.5, 0.6) is 5.75 Å². The molecule has 0 aliphatic heterocycles. The molecule has 1 N–H and O–H groups in total. The van der Waals surface area contributed by atoms with Crippen molar-refractivity contribution in [2.24, 2.45) is 0 Å². The molecule has 0 heterocycles. The number of amides is 1. The summed E-state index contributed by atoms with van der Waals surface area (Å²) in [6, 6.07) is 17.2. The molecule has 0 saturated carbocycles. The van der Waals surface area contributed by atoms with Crippen LogP contribution in [0.3, 0.4) is 0 Å². The lowest BCUT2D eigenvalue weighted by molar-refractivity contribution is -0.116. The van der Waals surface area contributed by atoms with Gasteiger partial charge in [0.25, 0.3) is 0 Å². The van der Waals surface area contributed by atoms with Crippen molar-refractivity contribution in [2.75, 3.05) is 18.5 Å². The quantitative estimate of drug-likeness (QED) is 0.520. The van der Waals surface area contributed by atoms with Gasteiger partial charge in [-0.05, 0) is 48.9 Å². The Morgan fingerprint density at radius 3 is 2.34 bits per heavy atom. The van der Waals surface area contributed by atoms with Gasteiger partial charge in [0, 0.05) is 12.6 Å². The molecule has 1 amide bonds. The molecule has 0 saturated heterocycles. The third-order valence-corrected chi connectivity index (χ3v) is 6.30. The molecule has 0 aliphatic rings. The lowest BCUT2D eigenvalue weighted by Crippen LogP contribution is -2.37. The van der Waals surface area contributed by atoms with Gasteiger partial charge in [-0.25, -0.2) is 17.2 Å². The maximum atomic E-state index is 13.9. The zero-order chi connectivity index (χ0) is 23.1. The lowest BCUT2D eigenvalue weighted by Gasteiger charge is -2.22. The molecule has 168 valence electrons. The minimum Gasteiger partial charge on any atom is -0.494 e. The molecule has 6 nitrogen and oxygen atoms in total. The molecule has 0 spiro atoms. The van der Waals surface area contributed by atoms with Crippen molar-refractivity contribution in [2.45, 2.75) is 18.4 Å². The number of sulfonamides is 1. The normalized spacial score (nSPS) is 11.4. The molecule has 0 bridgehead atoms. The van der Waals surface area contributed by atoms with Crippen LogP contribution in [0, 0.1) is 11.6 Å². The van der Waals surface area contributed by atoms with Crippen molar-refractivity contribution < 1.29 is 26.7 Å². The fourth-order valence-corrected chi connectivity index (χ4v) is 4.36. The second-order valence-corrected chi connectivity index (χ2v) is 8.77. The molecule has 0 unspecified atom stereocenters. The number of hydrogen-bond acceptors (Lipinski definition) is 4. The molecular formula is C23H22F2N2O4S. The Morgan fingerprint density at radius 1 is 1.00 bits per heavy atom. The van der Waals surface area contributed by atoms with Crippen molar-refractivity contribution in [3.05, 3.63) is 90.0 Å². The number of benzene rings is 3. The predicted octanol–water partition coefficient (Wildman–Crippen LogP) is 4.19. The monoisotopic (exact) mass is 460 g/mol. The summed E-state index contributed by atoms with van der Waals surface area (Å²) >= 11 is 0. The SMILES string of the molecule is CCOc1ccc(S(=O)(=O)N(CC(=O)Nc2cc(F)ccc2F)Cc2ccccc2)cc1. The summed E-state index contributed by atoms with van der Waals surface area (Å²) < 4.78 is 60.2. The molecular weight excluding hydrogens is 438 g/mol. The summed E-state index contributed by atoms with van der Waals surface area (Å²) in [6.45, 7) is 1.56. The topological polar surface area (TPSA) is 75.7 Å². The maximum absolute atomic E-state index is 13.9. The van der Waals surface area contributed by atoms with E-state index in [2.05, 4.69) is 5.32 Å². The summed E-state index contributed by atoms with van der Waals surface area (Å²) in [5.41, 5.74) is 0.292. The van der Waals surface area contributed by atoms with Crippen LogP contribution in [0.15, 0.2) is 77.7 Å². The second kappa shape index (κ2) is 10.3. The highest BCUT2D eigenvalue weighted by Gasteiger charge is 2.27. The van der Waals surface area contributed by atoms with Crippen molar-refractivity contribution >= 4 is 21.6 Å². The first-order valence-corrected chi connectivity index (χ1v) is 11.3. The van der Waals surface area contributed by atoms with Gasteiger partial charge in [0.2, 0.25) is 15.9 Å². The van der Waals surface area contributed by atoms with Crippen LogP contribution >= 0.6 is 0 Å². The highest BCUT2D eigenvalue weighted by atomic mass is 32.2. The van der Waals surface area contributed by atoms with Crippen LogP contribution in [0.25, 0.3) is 0 Å². The fraction of sp³-hybridized carbons (Fsp3) is 0.174. The van der Waals surface area contributed by atoms with Crippen LogP contribution in [-0.4, -0.2) is 31.8 Å². The zero-order valence-electron chi connectivity index (χ0n) is 17.3. The number of nitrogens with one attached hydrogen (secondary N) is 1. The molecule has 32 heavy (non-hydrogen) atoms. The molecule has 3 rings (SSSR count). The van der Waals surface area contributed by atoms with E-state index in [0.717, 1.165) is 22.5 Å². The van der Waals surface area contributed by atoms with E-state index in [0.29, 0.717) is 17.9 Å². The highest BCUT2D eigenvalue weighted by molar-refractivity contribution is 7.89. The summed E-state index contributed by atoms with van der Waals surface area (Å²) in [6.07, 6.45) is 0. The number of carbonyl (C=O) groups is 1. The minimum absolute atomic E-state index is 0.0263. The third kappa shape index (κ3) is 5.89. The Morgan fingerprint density at radius 2 is 1.69 bits per heavy atom. The number of nitrogens with zero attached hydrogens (tertiary/aromatic N) is 1. The number of halogens is 2. The van der Waals surface area contributed by atoms with E-state index in [1.54, 1.807) is 30.3 Å². The minimum atomic E-state index is -4.09. The van der Waals surface area contributed by atoms with Crippen LogP contribution in [0.2, 0.25) is 0 Å². The van der Waals surface area contributed by atoms with Gasteiger partial charge in [-0.3, -0.25) is 4.79 Å². The Hall–Kier alpha value is -3.30. The lowest BCUT2D eigenvalue weighted by atomic mass is 10.2. The first kappa shape index (κ1) is 23.4. The van der Waals surface area contributed by atoms with Gasteiger partial charge < -0.3 is 10.1 Å². The highest BCUT2D eigenvalue weighted by Crippen LogP contribution is 2.22. The van der Waals surface area contributed by atoms with Crippen molar-refractivity contribution in [1.29, 1.82) is 0 Å². The predicted molar refractivity (Wildman–Crippen MR) is 117 cm³/mol. The maximum Gasteiger partial charge on any atom is 0.243 e. The summed E-state index contributed by atoms with van der Waals surface area (Å²) in [4.78, 5) is 12.5. The number of anilines is 1. The van der Waals surface area contributed by atoms with E-state index in [1.165, 1.54) is 24.3 Å². The third-order valence-electron chi connectivity index (χ3n) is 4.50. The van der Waals surface area contributed by atoms with Gasteiger partial charge in [0.1, 0.15) is 17.4 Å². The van der Waals surface area contributed by atoms with Gasteiger partial charge >= 0.3 is 0 Å². The van der Waals surface area contributed by atoms with Crippen molar-refractivity contribution in [1.82, 2.24) is 4.31 Å². The van der Waals surface area contributed by atoms with Crippen LogP contribution in [0.4, 0.5) is 14.5 Å².